The predicted molar refractivity (Wildman–Crippen MR) is 95.2 cm³/mol. The summed E-state index contributed by atoms with van der Waals surface area (Å²) in [5, 5.41) is 0. The van der Waals surface area contributed by atoms with Crippen LogP contribution in [0.25, 0.3) is 11.1 Å². The molecule has 6 rings (SSSR count). The van der Waals surface area contributed by atoms with E-state index in [1.54, 1.807) is 0 Å². The van der Waals surface area contributed by atoms with Crippen molar-refractivity contribution in [1.82, 2.24) is 4.90 Å². The number of nitrogens with zero attached hydrogens (tertiary/aromatic N) is 2. The van der Waals surface area contributed by atoms with Crippen molar-refractivity contribution in [3.63, 3.8) is 0 Å². The monoisotopic (exact) mass is 319 g/mol. The van der Waals surface area contributed by atoms with Crippen molar-refractivity contribution in [2.45, 2.75) is 6.42 Å². The van der Waals surface area contributed by atoms with Gasteiger partial charge in [0.15, 0.2) is 0 Å². The van der Waals surface area contributed by atoms with Crippen molar-refractivity contribution in [3.8, 4) is 11.1 Å². The lowest BCUT2D eigenvalue weighted by Gasteiger charge is -2.50. The molecule has 3 aliphatic heterocycles. The number of benzene rings is 2. The molecule has 3 nitrogen and oxygen atoms in total. The maximum atomic E-state index is 12.9. The van der Waals surface area contributed by atoms with E-state index >= 15 is 0 Å². The van der Waals surface area contributed by atoms with E-state index in [0.29, 0.717) is 12.3 Å². The average molecular weight is 319 g/mol. The first-order valence-corrected chi connectivity index (χ1v) is 9.04. The molecule has 3 fully saturated rings. The Morgan fingerprint density at radius 2 is 1.62 bits per heavy atom. The van der Waals surface area contributed by atoms with Crippen LogP contribution < -0.4 is 0 Å². The molecule has 3 heterocycles. The van der Waals surface area contributed by atoms with Gasteiger partial charge < -0.3 is 4.48 Å². The van der Waals surface area contributed by atoms with Gasteiger partial charge in [0.05, 0.1) is 19.6 Å². The topological polar surface area (TPSA) is 20.3 Å². The fourth-order valence-electron chi connectivity index (χ4n) is 4.68. The van der Waals surface area contributed by atoms with Crippen molar-refractivity contribution < 1.29 is 9.28 Å². The third-order valence-electron chi connectivity index (χ3n) is 6.27. The molecule has 0 N–H and O–H groups in total. The molecule has 0 spiro atoms. The molecule has 24 heavy (non-hydrogen) atoms. The Balaban J connectivity index is 1.40. The number of hydrogen-bond donors (Lipinski definition) is 0. The van der Waals surface area contributed by atoms with Gasteiger partial charge in [-0.2, -0.15) is 0 Å². The number of hydrogen-bond acceptors (Lipinski definition) is 2. The lowest BCUT2D eigenvalue weighted by molar-refractivity contribution is -0.933. The average Bonchev–Trinajstić information content (AvgIpc) is 3.00. The lowest BCUT2D eigenvalue weighted by atomic mass is 10.00. The zero-order chi connectivity index (χ0) is 16.1. The molecular weight excluding hydrogens is 296 g/mol. The Hall–Kier alpha value is -1.97. The number of carbonyl (C=O) groups excluding carboxylic acids is 1. The van der Waals surface area contributed by atoms with Crippen LogP contribution >= 0.6 is 0 Å². The number of Topliss-reactive ketones (excluding diaryl/α,β-unsaturated/α-hetero) is 1. The first kappa shape index (κ1) is 14.4. The molecule has 122 valence electrons. The highest BCUT2D eigenvalue weighted by atomic mass is 16.1. The second kappa shape index (κ2) is 5.27. The number of piperazine rings is 3. The van der Waals surface area contributed by atoms with Gasteiger partial charge >= 0.3 is 0 Å². The molecule has 0 aromatic heterocycles. The van der Waals surface area contributed by atoms with Gasteiger partial charge in [-0.05, 0) is 34.7 Å². The van der Waals surface area contributed by atoms with E-state index in [1.165, 1.54) is 22.3 Å². The van der Waals surface area contributed by atoms with Crippen LogP contribution in [0.1, 0.15) is 21.5 Å². The first-order chi connectivity index (χ1) is 11.7. The summed E-state index contributed by atoms with van der Waals surface area (Å²) in [5.41, 5.74) is 6.24. The molecule has 2 aromatic rings. The van der Waals surface area contributed by atoms with Gasteiger partial charge in [0.2, 0.25) is 5.78 Å². The van der Waals surface area contributed by atoms with E-state index in [9.17, 15) is 4.79 Å². The fraction of sp³-hybridized carbons (Fsp3) is 0.381. The van der Waals surface area contributed by atoms with Gasteiger partial charge in [0.1, 0.15) is 6.54 Å². The highest BCUT2D eigenvalue weighted by Gasteiger charge is 2.40. The minimum Gasteiger partial charge on any atom is -0.314 e. The number of quaternary nitrogens is 1. The van der Waals surface area contributed by atoms with Crippen LogP contribution in [0, 0.1) is 0 Å². The first-order valence-electron chi connectivity index (χ1n) is 9.04. The summed E-state index contributed by atoms with van der Waals surface area (Å²) >= 11 is 0. The largest absolute Gasteiger partial charge is 0.314 e. The van der Waals surface area contributed by atoms with Crippen LogP contribution in [-0.2, 0) is 6.42 Å². The molecule has 0 saturated carbocycles. The normalized spacial score (nSPS) is 26.9. The van der Waals surface area contributed by atoms with E-state index in [1.807, 2.05) is 6.07 Å². The van der Waals surface area contributed by atoms with Gasteiger partial charge in [0.25, 0.3) is 0 Å². The van der Waals surface area contributed by atoms with E-state index in [-0.39, 0.29) is 0 Å². The Morgan fingerprint density at radius 3 is 2.42 bits per heavy atom. The van der Waals surface area contributed by atoms with Crippen molar-refractivity contribution in [1.29, 1.82) is 0 Å². The number of ketones is 1. The van der Waals surface area contributed by atoms with Crippen molar-refractivity contribution >= 4 is 5.78 Å². The van der Waals surface area contributed by atoms with Gasteiger partial charge in [-0.25, -0.2) is 0 Å². The Labute approximate surface area is 143 Å². The van der Waals surface area contributed by atoms with Crippen LogP contribution in [0.3, 0.4) is 0 Å². The number of fused-ring (bicyclic) bond motifs is 6. The minimum absolute atomic E-state index is 0.323. The molecule has 1 aliphatic carbocycles. The SMILES string of the molecule is O=C(C[N+]12CCN(CC1)CC2)c1ccc2c(c1)Cc1ccccc1-2. The molecule has 3 heteroatoms. The van der Waals surface area contributed by atoms with Gasteiger partial charge in [-0.15, -0.1) is 0 Å². The molecule has 0 atom stereocenters. The van der Waals surface area contributed by atoms with Gasteiger partial charge in [0, 0.05) is 25.2 Å². The van der Waals surface area contributed by atoms with Crippen LogP contribution in [0.15, 0.2) is 42.5 Å². The third kappa shape index (κ3) is 2.23. The second-order valence-corrected chi connectivity index (χ2v) is 7.64. The summed E-state index contributed by atoms with van der Waals surface area (Å²) in [7, 11) is 0. The van der Waals surface area contributed by atoms with Crippen LogP contribution in [0.4, 0.5) is 0 Å². The summed E-state index contributed by atoms with van der Waals surface area (Å²) in [6.07, 6.45) is 0.960. The summed E-state index contributed by atoms with van der Waals surface area (Å²) in [5.74, 6) is 0.323. The molecule has 0 amide bonds. The Bertz CT molecular complexity index is 805. The van der Waals surface area contributed by atoms with E-state index in [2.05, 4.69) is 41.3 Å². The number of rotatable bonds is 3. The highest BCUT2D eigenvalue weighted by molar-refractivity contribution is 5.98. The van der Waals surface area contributed by atoms with Crippen molar-refractivity contribution in [2.24, 2.45) is 0 Å². The van der Waals surface area contributed by atoms with Gasteiger partial charge in [-0.1, -0.05) is 36.4 Å². The van der Waals surface area contributed by atoms with E-state index in [0.717, 1.165) is 55.7 Å². The van der Waals surface area contributed by atoms with Crippen molar-refractivity contribution in [2.75, 3.05) is 45.8 Å². The van der Waals surface area contributed by atoms with Gasteiger partial charge in [-0.3, -0.25) is 9.69 Å². The molecule has 4 aliphatic rings. The summed E-state index contributed by atoms with van der Waals surface area (Å²) in [6, 6.07) is 14.9. The Kier molecular flexibility index (Phi) is 3.15. The van der Waals surface area contributed by atoms with Crippen molar-refractivity contribution in [3.05, 3.63) is 59.2 Å². The molecule has 2 bridgehead atoms. The minimum atomic E-state index is 0.323. The number of carbonyl (C=O) groups is 1. The zero-order valence-corrected chi connectivity index (χ0v) is 14.0. The summed E-state index contributed by atoms with van der Waals surface area (Å²) in [4.78, 5) is 15.5. The second-order valence-electron chi connectivity index (χ2n) is 7.64. The summed E-state index contributed by atoms with van der Waals surface area (Å²) in [6.45, 7) is 7.58. The maximum Gasteiger partial charge on any atom is 0.216 e. The molecule has 0 radical (unpaired) electrons. The predicted octanol–water partition coefficient (Wildman–Crippen LogP) is 2.59. The Morgan fingerprint density at radius 1 is 0.917 bits per heavy atom. The molecule has 2 aromatic carbocycles. The lowest BCUT2D eigenvalue weighted by Crippen LogP contribution is -2.68. The van der Waals surface area contributed by atoms with E-state index in [4.69, 9.17) is 0 Å². The fourth-order valence-corrected chi connectivity index (χ4v) is 4.68. The standard InChI is InChI=1S/C21H23N2O/c24-21(15-23-10-7-22(8-11-23)9-12-23)17-5-6-20-18(14-17)13-16-3-1-2-4-19(16)20/h1-6,14H,7-13,15H2/q+1. The quantitative estimate of drug-likeness (QED) is 0.546. The summed E-state index contributed by atoms with van der Waals surface area (Å²) < 4.78 is 1.01. The van der Waals surface area contributed by atoms with E-state index < -0.39 is 0 Å². The maximum absolute atomic E-state index is 12.9. The highest BCUT2D eigenvalue weighted by Crippen LogP contribution is 2.36. The zero-order valence-electron chi connectivity index (χ0n) is 14.0. The molecular formula is C21H23N2O+. The van der Waals surface area contributed by atoms with Crippen LogP contribution in [0.5, 0.6) is 0 Å². The van der Waals surface area contributed by atoms with Crippen LogP contribution in [-0.4, -0.2) is 61.0 Å². The molecule has 3 saturated heterocycles. The smallest absolute Gasteiger partial charge is 0.216 e. The third-order valence-corrected chi connectivity index (χ3v) is 6.27. The van der Waals surface area contributed by atoms with Crippen LogP contribution in [0.2, 0.25) is 0 Å². The molecule has 0 unspecified atom stereocenters.